The van der Waals surface area contributed by atoms with Crippen molar-refractivity contribution in [3.8, 4) is 5.75 Å². The number of thioether (sulfide) groups is 1. The molecular weight excluding hydrogens is 376 g/mol. The van der Waals surface area contributed by atoms with Crippen molar-refractivity contribution in [1.29, 1.82) is 0 Å². The van der Waals surface area contributed by atoms with E-state index < -0.39 is 10.0 Å². The fraction of sp³-hybridized carbons (Fsp3) is 0.235. The highest BCUT2D eigenvalue weighted by molar-refractivity contribution is 8.14. The molecular formula is C17H16N2O5S2. The first-order valence-electron chi connectivity index (χ1n) is 7.76. The summed E-state index contributed by atoms with van der Waals surface area (Å²) in [5.74, 6) is 0.593. The van der Waals surface area contributed by atoms with Crippen molar-refractivity contribution in [3.63, 3.8) is 0 Å². The Kier molecular flexibility index (Phi) is 5.28. The van der Waals surface area contributed by atoms with Gasteiger partial charge in [-0.05, 0) is 35.9 Å². The second-order valence-electron chi connectivity index (χ2n) is 5.61. The van der Waals surface area contributed by atoms with E-state index in [1.165, 1.54) is 31.3 Å². The maximum Gasteiger partial charge on any atom is 0.263 e. The summed E-state index contributed by atoms with van der Waals surface area (Å²) in [5, 5.41) is -0.143. The van der Waals surface area contributed by atoms with Gasteiger partial charge in [0, 0.05) is 25.1 Å². The number of ketones is 1. The zero-order valence-electron chi connectivity index (χ0n) is 13.9. The van der Waals surface area contributed by atoms with Crippen molar-refractivity contribution in [2.75, 3.05) is 17.1 Å². The third-order valence-electron chi connectivity index (χ3n) is 3.70. The first kappa shape index (κ1) is 18.4. The van der Waals surface area contributed by atoms with E-state index in [-0.39, 0.29) is 27.4 Å². The number of carbonyl (C=O) groups is 2. The number of ether oxygens (including phenoxy) is 1. The molecule has 0 saturated heterocycles. The maximum absolute atomic E-state index is 12.5. The standard InChI is InChI=1S/C17H16N2O5S2/c1-11(20)25-10-15(21)13-2-5-17(18-9-13)19-26(22,23)14-3-4-16-12(8-14)6-7-24-16/h2-5,8-9H,6-7,10H2,1H3,(H,18,19). The van der Waals surface area contributed by atoms with Crippen molar-refractivity contribution in [3.05, 3.63) is 47.7 Å². The Morgan fingerprint density at radius 1 is 1.27 bits per heavy atom. The van der Waals surface area contributed by atoms with Crippen LogP contribution in [0.2, 0.25) is 0 Å². The minimum atomic E-state index is -3.79. The minimum Gasteiger partial charge on any atom is -0.493 e. The summed E-state index contributed by atoms with van der Waals surface area (Å²) < 4.78 is 32.8. The lowest BCUT2D eigenvalue weighted by Crippen LogP contribution is -2.14. The van der Waals surface area contributed by atoms with Gasteiger partial charge in [-0.15, -0.1) is 0 Å². The number of hydrogen-bond acceptors (Lipinski definition) is 7. The van der Waals surface area contributed by atoms with Crippen LogP contribution in [0.25, 0.3) is 0 Å². The monoisotopic (exact) mass is 392 g/mol. The van der Waals surface area contributed by atoms with Gasteiger partial charge < -0.3 is 4.74 Å². The second-order valence-corrected chi connectivity index (χ2v) is 8.44. The molecule has 0 unspecified atom stereocenters. The number of benzene rings is 1. The molecule has 3 rings (SSSR count). The molecule has 0 radical (unpaired) electrons. The molecule has 7 nitrogen and oxygen atoms in total. The number of fused-ring (bicyclic) bond motifs is 1. The highest BCUT2D eigenvalue weighted by Gasteiger charge is 2.20. The first-order chi connectivity index (χ1) is 12.3. The van der Waals surface area contributed by atoms with Crippen LogP contribution in [0.3, 0.4) is 0 Å². The highest BCUT2D eigenvalue weighted by Crippen LogP contribution is 2.28. The summed E-state index contributed by atoms with van der Waals surface area (Å²) in [6.07, 6.45) is 1.96. The molecule has 1 aromatic carbocycles. The SMILES string of the molecule is CC(=O)SCC(=O)c1ccc(NS(=O)(=O)c2ccc3c(c2)CCO3)nc1. The molecule has 0 bridgehead atoms. The van der Waals surface area contributed by atoms with Crippen LogP contribution < -0.4 is 9.46 Å². The molecule has 0 fully saturated rings. The van der Waals surface area contributed by atoms with Gasteiger partial charge in [-0.1, -0.05) is 11.8 Å². The molecule has 0 atom stereocenters. The van der Waals surface area contributed by atoms with Crippen molar-refractivity contribution < 1.29 is 22.7 Å². The lowest BCUT2D eigenvalue weighted by Gasteiger charge is -2.09. The Bertz CT molecular complexity index is 956. The molecule has 1 N–H and O–H groups in total. The number of carbonyl (C=O) groups excluding carboxylic acids is 2. The summed E-state index contributed by atoms with van der Waals surface area (Å²) in [6.45, 7) is 1.93. The van der Waals surface area contributed by atoms with E-state index in [1.54, 1.807) is 12.1 Å². The van der Waals surface area contributed by atoms with Crippen molar-refractivity contribution >= 4 is 38.5 Å². The number of Topliss-reactive ketones (excluding diaryl/α,β-unsaturated/α-hetero) is 1. The zero-order chi connectivity index (χ0) is 18.7. The first-order valence-corrected chi connectivity index (χ1v) is 10.2. The van der Waals surface area contributed by atoms with Crippen LogP contribution in [-0.4, -0.2) is 36.7 Å². The largest absolute Gasteiger partial charge is 0.493 e. The van der Waals surface area contributed by atoms with Gasteiger partial charge in [0.1, 0.15) is 11.6 Å². The van der Waals surface area contributed by atoms with Crippen LogP contribution in [-0.2, 0) is 21.2 Å². The van der Waals surface area contributed by atoms with Crippen molar-refractivity contribution in [2.45, 2.75) is 18.2 Å². The molecule has 9 heteroatoms. The molecule has 2 aromatic rings. The fourth-order valence-electron chi connectivity index (χ4n) is 2.40. The molecule has 0 saturated carbocycles. The summed E-state index contributed by atoms with van der Waals surface area (Å²) in [6, 6.07) is 7.59. The lowest BCUT2D eigenvalue weighted by atomic mass is 10.2. The Morgan fingerprint density at radius 3 is 2.77 bits per heavy atom. The molecule has 0 aliphatic carbocycles. The predicted molar refractivity (Wildman–Crippen MR) is 98.2 cm³/mol. The Labute approximate surface area is 155 Å². The second kappa shape index (κ2) is 7.46. The van der Waals surface area contributed by atoms with E-state index in [0.717, 1.165) is 17.3 Å². The molecule has 136 valence electrons. The summed E-state index contributed by atoms with van der Waals surface area (Å²) in [7, 11) is -3.79. The maximum atomic E-state index is 12.5. The van der Waals surface area contributed by atoms with E-state index in [0.29, 0.717) is 24.3 Å². The average molecular weight is 392 g/mol. The van der Waals surface area contributed by atoms with E-state index in [2.05, 4.69) is 9.71 Å². The molecule has 0 spiro atoms. The van der Waals surface area contributed by atoms with Crippen LogP contribution in [0.5, 0.6) is 5.75 Å². The molecule has 1 aliphatic rings. The third-order valence-corrected chi connectivity index (χ3v) is 5.87. The fourth-order valence-corrected chi connectivity index (χ4v) is 3.96. The van der Waals surface area contributed by atoms with Gasteiger partial charge in [-0.3, -0.25) is 14.3 Å². The topological polar surface area (TPSA) is 102 Å². The minimum absolute atomic E-state index is 0.0271. The van der Waals surface area contributed by atoms with E-state index in [9.17, 15) is 18.0 Å². The van der Waals surface area contributed by atoms with Gasteiger partial charge >= 0.3 is 0 Å². The van der Waals surface area contributed by atoms with Crippen molar-refractivity contribution in [2.24, 2.45) is 0 Å². The molecule has 1 aliphatic heterocycles. The summed E-state index contributed by atoms with van der Waals surface area (Å²) >= 11 is 0.917. The van der Waals surface area contributed by atoms with Crippen molar-refractivity contribution in [1.82, 2.24) is 4.98 Å². The number of hydrogen-bond donors (Lipinski definition) is 1. The lowest BCUT2D eigenvalue weighted by molar-refractivity contribution is -0.109. The quantitative estimate of drug-likeness (QED) is 0.752. The molecule has 26 heavy (non-hydrogen) atoms. The number of anilines is 1. The van der Waals surface area contributed by atoms with Crippen LogP contribution in [0, 0.1) is 0 Å². The number of pyridine rings is 1. The number of nitrogens with zero attached hydrogens (tertiary/aromatic N) is 1. The van der Waals surface area contributed by atoms with Gasteiger partial charge in [0.25, 0.3) is 10.0 Å². The normalized spacial score (nSPS) is 13.0. The zero-order valence-corrected chi connectivity index (χ0v) is 15.5. The van der Waals surface area contributed by atoms with E-state index in [4.69, 9.17) is 4.74 Å². The van der Waals surface area contributed by atoms with Gasteiger partial charge in [-0.25, -0.2) is 13.4 Å². The molecule has 1 aromatic heterocycles. The predicted octanol–water partition coefficient (Wildman–Crippen LogP) is 2.28. The molecule has 2 heterocycles. The number of nitrogens with one attached hydrogen (secondary N) is 1. The smallest absolute Gasteiger partial charge is 0.263 e. The van der Waals surface area contributed by atoms with Gasteiger partial charge in [0.05, 0.1) is 17.3 Å². The van der Waals surface area contributed by atoms with E-state index in [1.807, 2.05) is 0 Å². The summed E-state index contributed by atoms with van der Waals surface area (Å²) in [5.41, 5.74) is 1.17. The van der Waals surface area contributed by atoms with E-state index >= 15 is 0 Å². The van der Waals surface area contributed by atoms with Crippen LogP contribution in [0.15, 0.2) is 41.4 Å². The van der Waals surface area contributed by atoms with Gasteiger partial charge in [0.2, 0.25) is 0 Å². The molecule has 0 amide bonds. The Balaban J connectivity index is 1.72. The van der Waals surface area contributed by atoms with Crippen LogP contribution >= 0.6 is 11.8 Å². The average Bonchev–Trinajstić information content (AvgIpc) is 3.07. The number of aromatic nitrogens is 1. The summed E-state index contributed by atoms with van der Waals surface area (Å²) in [4.78, 5) is 26.9. The number of sulfonamides is 1. The van der Waals surface area contributed by atoms with Crippen LogP contribution in [0.1, 0.15) is 22.8 Å². The Hall–Kier alpha value is -2.39. The third kappa shape index (κ3) is 4.23. The Morgan fingerprint density at radius 2 is 2.08 bits per heavy atom. The van der Waals surface area contributed by atoms with Crippen LogP contribution in [0.4, 0.5) is 5.82 Å². The van der Waals surface area contributed by atoms with Gasteiger partial charge in [0.15, 0.2) is 10.9 Å². The van der Waals surface area contributed by atoms with Gasteiger partial charge in [-0.2, -0.15) is 0 Å². The highest BCUT2D eigenvalue weighted by atomic mass is 32.2. The number of rotatable bonds is 6.